The van der Waals surface area contributed by atoms with Crippen molar-refractivity contribution in [3.05, 3.63) is 90.0 Å². The fourth-order valence-corrected chi connectivity index (χ4v) is 5.59. The molecule has 1 aliphatic heterocycles. The highest BCUT2D eigenvalue weighted by atomic mass is 32.2. The highest BCUT2D eigenvalue weighted by molar-refractivity contribution is 8.00. The van der Waals surface area contributed by atoms with E-state index in [0.717, 1.165) is 49.4 Å². The lowest BCUT2D eigenvalue weighted by atomic mass is 9.89. The molecule has 0 aromatic heterocycles. The molecule has 0 atom stereocenters. The molecule has 0 unspecified atom stereocenters. The number of piperidine rings is 1. The molecule has 4 rings (SSSR count). The van der Waals surface area contributed by atoms with Crippen molar-refractivity contribution in [3.63, 3.8) is 0 Å². The second-order valence-electron chi connectivity index (χ2n) is 9.81. The Labute approximate surface area is 236 Å². The van der Waals surface area contributed by atoms with Crippen LogP contribution < -0.4 is 15.5 Å². The van der Waals surface area contributed by atoms with E-state index in [1.807, 2.05) is 55.5 Å². The van der Waals surface area contributed by atoms with E-state index >= 15 is 0 Å². The first-order valence-corrected chi connectivity index (χ1v) is 14.9. The van der Waals surface area contributed by atoms with Gasteiger partial charge in [0.2, 0.25) is 5.91 Å². The zero-order chi connectivity index (χ0) is 27.3. The van der Waals surface area contributed by atoms with Crippen LogP contribution in [0.3, 0.4) is 0 Å². The molecule has 1 heterocycles. The zero-order valence-electron chi connectivity index (χ0n) is 22.7. The summed E-state index contributed by atoms with van der Waals surface area (Å²) in [6.07, 6.45) is 4.01. The molecule has 0 spiro atoms. The highest BCUT2D eigenvalue weighted by Crippen LogP contribution is 2.30. The molecule has 7 heteroatoms. The quantitative estimate of drug-likeness (QED) is 0.203. The Balaban J connectivity index is 1.41. The Kier molecular flexibility index (Phi) is 11.3. The van der Waals surface area contributed by atoms with Gasteiger partial charge in [0, 0.05) is 49.1 Å². The van der Waals surface area contributed by atoms with Gasteiger partial charge in [-0.2, -0.15) is 0 Å². The van der Waals surface area contributed by atoms with Gasteiger partial charge in [0.05, 0.1) is 11.3 Å². The summed E-state index contributed by atoms with van der Waals surface area (Å²) in [5.74, 6) is 0.726. The number of carbonyl (C=O) groups is 2. The van der Waals surface area contributed by atoms with Crippen LogP contribution in [-0.4, -0.2) is 50.4 Å². The Morgan fingerprint density at radius 1 is 0.974 bits per heavy atom. The van der Waals surface area contributed by atoms with E-state index in [-0.39, 0.29) is 11.8 Å². The average molecular weight is 546 g/mol. The van der Waals surface area contributed by atoms with Crippen molar-refractivity contribution in [2.75, 3.05) is 48.8 Å². The van der Waals surface area contributed by atoms with Gasteiger partial charge in [-0.15, -0.1) is 11.8 Å². The standard InChI is InChI=1S/C32H39N3O3S/c1-2-38-21-9-18-33-32(37)29-23-27(34-31(36)24-39-28-12-7-4-8-13-28)14-15-30(29)35-19-16-26(17-20-35)22-25-10-5-3-6-11-25/h3-8,10-15,23,26H,2,9,16-22,24H2,1H3,(H,33,37)(H,34,36). The number of nitrogens with one attached hydrogen (secondary N) is 2. The molecule has 1 fully saturated rings. The first-order chi connectivity index (χ1) is 19.1. The minimum absolute atomic E-state index is 0.0959. The van der Waals surface area contributed by atoms with Crippen LogP contribution in [0, 0.1) is 5.92 Å². The molecule has 3 aromatic carbocycles. The van der Waals surface area contributed by atoms with Gasteiger partial charge >= 0.3 is 0 Å². The molecule has 1 saturated heterocycles. The third-order valence-corrected chi connectivity index (χ3v) is 7.93. The van der Waals surface area contributed by atoms with Gasteiger partial charge in [0.25, 0.3) is 5.91 Å². The number of rotatable bonds is 13. The van der Waals surface area contributed by atoms with Crippen molar-refractivity contribution in [2.45, 2.75) is 37.5 Å². The summed E-state index contributed by atoms with van der Waals surface area (Å²) in [4.78, 5) is 29.3. The van der Waals surface area contributed by atoms with Crippen molar-refractivity contribution in [2.24, 2.45) is 5.92 Å². The van der Waals surface area contributed by atoms with Gasteiger partial charge in [0.1, 0.15) is 0 Å². The molecule has 2 amide bonds. The minimum Gasteiger partial charge on any atom is -0.382 e. The van der Waals surface area contributed by atoms with Crippen LogP contribution >= 0.6 is 11.8 Å². The highest BCUT2D eigenvalue weighted by Gasteiger charge is 2.24. The number of thioether (sulfide) groups is 1. The number of nitrogens with zero attached hydrogens (tertiary/aromatic N) is 1. The van der Waals surface area contributed by atoms with Gasteiger partial charge in [-0.25, -0.2) is 0 Å². The molecule has 2 N–H and O–H groups in total. The van der Waals surface area contributed by atoms with E-state index in [9.17, 15) is 9.59 Å². The molecule has 0 bridgehead atoms. The van der Waals surface area contributed by atoms with Crippen LogP contribution in [0.2, 0.25) is 0 Å². The molecule has 39 heavy (non-hydrogen) atoms. The fourth-order valence-electron chi connectivity index (χ4n) is 4.88. The summed E-state index contributed by atoms with van der Waals surface area (Å²) in [7, 11) is 0. The Bertz CT molecular complexity index is 1180. The van der Waals surface area contributed by atoms with E-state index in [4.69, 9.17) is 4.74 Å². The molecular weight excluding hydrogens is 506 g/mol. The number of hydrogen-bond donors (Lipinski definition) is 2. The fraction of sp³-hybridized carbons (Fsp3) is 0.375. The van der Waals surface area contributed by atoms with Crippen molar-refractivity contribution in [1.82, 2.24) is 5.32 Å². The second-order valence-corrected chi connectivity index (χ2v) is 10.9. The van der Waals surface area contributed by atoms with E-state index < -0.39 is 0 Å². The zero-order valence-corrected chi connectivity index (χ0v) is 23.6. The lowest BCUT2D eigenvalue weighted by Crippen LogP contribution is -2.36. The molecule has 1 aliphatic rings. The molecule has 0 radical (unpaired) electrons. The van der Waals surface area contributed by atoms with E-state index in [1.165, 1.54) is 17.3 Å². The Morgan fingerprint density at radius 3 is 2.41 bits per heavy atom. The first kappa shape index (κ1) is 28.7. The maximum Gasteiger partial charge on any atom is 0.253 e. The van der Waals surface area contributed by atoms with Gasteiger partial charge in [-0.1, -0.05) is 48.5 Å². The van der Waals surface area contributed by atoms with E-state index in [2.05, 4.69) is 45.9 Å². The summed E-state index contributed by atoms with van der Waals surface area (Å²) in [6, 6.07) is 26.2. The molecular formula is C32H39N3O3S. The van der Waals surface area contributed by atoms with E-state index in [1.54, 1.807) is 0 Å². The monoisotopic (exact) mass is 545 g/mol. The predicted octanol–water partition coefficient (Wildman–Crippen LogP) is 6.03. The topological polar surface area (TPSA) is 70.7 Å². The van der Waals surface area contributed by atoms with Crippen LogP contribution in [0.25, 0.3) is 0 Å². The number of carbonyl (C=O) groups excluding carboxylic acids is 2. The Hall–Kier alpha value is -3.29. The summed E-state index contributed by atoms with van der Waals surface area (Å²) in [5.41, 5.74) is 3.54. The van der Waals surface area contributed by atoms with Gasteiger partial charge in [-0.3, -0.25) is 9.59 Å². The number of benzene rings is 3. The van der Waals surface area contributed by atoms with Crippen LogP contribution in [0.15, 0.2) is 83.8 Å². The largest absolute Gasteiger partial charge is 0.382 e. The Morgan fingerprint density at radius 2 is 1.69 bits per heavy atom. The van der Waals surface area contributed by atoms with Crippen molar-refractivity contribution in [1.29, 1.82) is 0 Å². The van der Waals surface area contributed by atoms with Crippen molar-refractivity contribution < 1.29 is 14.3 Å². The summed E-state index contributed by atoms with van der Waals surface area (Å²) >= 11 is 1.49. The van der Waals surface area contributed by atoms with Gasteiger partial charge < -0.3 is 20.3 Å². The van der Waals surface area contributed by atoms with Crippen LogP contribution in [0.4, 0.5) is 11.4 Å². The van der Waals surface area contributed by atoms with Crippen molar-refractivity contribution >= 4 is 35.0 Å². The normalized spacial score (nSPS) is 13.7. The number of hydrogen-bond acceptors (Lipinski definition) is 5. The first-order valence-electron chi connectivity index (χ1n) is 13.9. The van der Waals surface area contributed by atoms with Gasteiger partial charge in [0.15, 0.2) is 0 Å². The smallest absolute Gasteiger partial charge is 0.253 e. The predicted molar refractivity (Wildman–Crippen MR) is 161 cm³/mol. The maximum atomic E-state index is 13.3. The van der Waals surface area contributed by atoms with Gasteiger partial charge in [-0.05, 0) is 74.4 Å². The molecule has 3 aromatic rings. The SMILES string of the molecule is CCOCCCNC(=O)c1cc(NC(=O)CSc2ccccc2)ccc1N1CCC(Cc2ccccc2)CC1. The van der Waals surface area contributed by atoms with E-state index in [0.29, 0.717) is 42.7 Å². The third-order valence-electron chi connectivity index (χ3n) is 6.92. The molecule has 0 aliphatic carbocycles. The average Bonchev–Trinajstić information content (AvgIpc) is 2.97. The summed E-state index contributed by atoms with van der Waals surface area (Å²) < 4.78 is 5.40. The summed E-state index contributed by atoms with van der Waals surface area (Å²) in [6.45, 7) is 5.60. The molecule has 206 valence electrons. The second kappa shape index (κ2) is 15.3. The number of amides is 2. The number of anilines is 2. The lowest BCUT2D eigenvalue weighted by Gasteiger charge is -2.35. The van der Waals surface area contributed by atoms with Crippen molar-refractivity contribution in [3.8, 4) is 0 Å². The molecule has 6 nitrogen and oxygen atoms in total. The van der Waals surface area contributed by atoms with Crippen LogP contribution in [-0.2, 0) is 16.0 Å². The number of ether oxygens (including phenoxy) is 1. The van der Waals surface area contributed by atoms with Crippen LogP contribution in [0.5, 0.6) is 0 Å². The minimum atomic E-state index is -0.123. The third kappa shape index (κ3) is 9.15. The lowest BCUT2D eigenvalue weighted by molar-refractivity contribution is -0.113. The van der Waals surface area contributed by atoms with Crippen LogP contribution in [0.1, 0.15) is 42.1 Å². The summed E-state index contributed by atoms with van der Waals surface area (Å²) in [5, 5.41) is 6.02. The maximum absolute atomic E-state index is 13.3. The molecule has 0 saturated carbocycles.